The van der Waals surface area contributed by atoms with E-state index < -0.39 is 11.0 Å². The highest BCUT2D eigenvalue weighted by atomic mass is 35.5. The van der Waals surface area contributed by atoms with Crippen LogP contribution >= 0.6 is 24.8 Å². The number of nitrogens with two attached hydrogens (primary N) is 1. The molecule has 0 spiro atoms. The molecule has 1 aliphatic rings. The average molecular weight is 440 g/mol. The van der Waals surface area contributed by atoms with E-state index in [0.717, 1.165) is 16.7 Å². The lowest BCUT2D eigenvalue weighted by molar-refractivity contribution is -0.171. The van der Waals surface area contributed by atoms with Crippen LogP contribution in [0.5, 0.6) is 0 Å². The number of nitrogens with zero attached hydrogens (tertiary/aromatic N) is 1. The number of nitrogens with one attached hydrogen (secondary N) is 1. The van der Waals surface area contributed by atoms with E-state index in [4.69, 9.17) is 10.5 Å². The summed E-state index contributed by atoms with van der Waals surface area (Å²) in [5, 5.41) is 3.09. The molecule has 0 saturated heterocycles. The summed E-state index contributed by atoms with van der Waals surface area (Å²) in [6.07, 6.45) is 4.13. The number of pyridine rings is 1. The lowest BCUT2D eigenvalue weighted by atomic mass is 9.54. The Morgan fingerprint density at radius 2 is 1.72 bits per heavy atom. The number of carbonyl (C=O) groups is 1. The van der Waals surface area contributed by atoms with E-state index in [9.17, 15) is 4.79 Å². The summed E-state index contributed by atoms with van der Waals surface area (Å²) in [5.74, 6) is -0.117. The second-order valence-electron chi connectivity index (χ2n) is 7.89. The third-order valence-corrected chi connectivity index (χ3v) is 6.01. The van der Waals surface area contributed by atoms with Crippen LogP contribution in [-0.4, -0.2) is 29.1 Å². The quantitative estimate of drug-likeness (QED) is 0.702. The van der Waals surface area contributed by atoms with Crippen molar-refractivity contribution in [2.75, 3.05) is 6.61 Å². The highest BCUT2D eigenvalue weighted by Crippen LogP contribution is 2.50. The molecule has 3 atom stereocenters. The lowest BCUT2D eigenvalue weighted by Crippen LogP contribution is -2.75. The Bertz CT molecular complexity index is 799. The first-order chi connectivity index (χ1) is 12.8. The summed E-state index contributed by atoms with van der Waals surface area (Å²) in [5.41, 5.74) is 8.46. The SMILES string of the molecule is CCOC1CC(N)(C(=O)NC(C)c2ccc(-c3ccncc3)cc2)C1(C)C.Cl.Cl. The molecule has 5 nitrogen and oxygen atoms in total. The molecule has 1 saturated carbocycles. The summed E-state index contributed by atoms with van der Waals surface area (Å²) in [6, 6.07) is 12.0. The molecule has 2 aromatic rings. The molecule has 1 heterocycles. The Morgan fingerprint density at radius 1 is 1.17 bits per heavy atom. The zero-order valence-corrected chi connectivity index (χ0v) is 19.0. The fourth-order valence-electron chi connectivity index (χ4n) is 3.74. The number of carbonyl (C=O) groups excluding carboxylic acids is 1. The van der Waals surface area contributed by atoms with Gasteiger partial charge in [-0.3, -0.25) is 9.78 Å². The fourth-order valence-corrected chi connectivity index (χ4v) is 3.74. The van der Waals surface area contributed by atoms with E-state index in [-0.39, 0.29) is 42.9 Å². The van der Waals surface area contributed by atoms with E-state index >= 15 is 0 Å². The van der Waals surface area contributed by atoms with Gasteiger partial charge in [-0.05, 0) is 42.7 Å². The van der Waals surface area contributed by atoms with Gasteiger partial charge in [-0.2, -0.15) is 0 Å². The minimum Gasteiger partial charge on any atom is -0.378 e. The number of benzene rings is 1. The monoisotopic (exact) mass is 439 g/mol. The molecule has 3 rings (SSSR count). The van der Waals surface area contributed by atoms with Crippen molar-refractivity contribution in [3.63, 3.8) is 0 Å². The number of halogens is 2. The number of amides is 1. The van der Waals surface area contributed by atoms with Crippen molar-refractivity contribution in [3.05, 3.63) is 54.4 Å². The molecule has 0 bridgehead atoms. The molecule has 1 amide bonds. The van der Waals surface area contributed by atoms with Gasteiger partial charge in [-0.1, -0.05) is 38.1 Å². The summed E-state index contributed by atoms with van der Waals surface area (Å²) in [6.45, 7) is 8.58. The molecule has 1 aromatic heterocycles. The van der Waals surface area contributed by atoms with Crippen LogP contribution in [0.25, 0.3) is 11.1 Å². The standard InChI is InChI=1S/C22H29N3O2.2ClH/c1-5-27-19-14-22(23,21(19,3)4)20(26)25-15(2)16-6-8-17(9-7-16)18-10-12-24-13-11-18;;/h6-13,15,19H,5,14,23H2,1-4H3,(H,25,26);2*1H. The molecular weight excluding hydrogens is 409 g/mol. The van der Waals surface area contributed by atoms with Gasteiger partial charge in [0.15, 0.2) is 0 Å². The highest BCUT2D eigenvalue weighted by molar-refractivity contribution is 5.89. The first-order valence-electron chi connectivity index (χ1n) is 9.51. The molecule has 0 aliphatic heterocycles. The van der Waals surface area contributed by atoms with Gasteiger partial charge in [0.05, 0.1) is 12.1 Å². The van der Waals surface area contributed by atoms with Gasteiger partial charge in [0.25, 0.3) is 0 Å². The van der Waals surface area contributed by atoms with Gasteiger partial charge >= 0.3 is 0 Å². The van der Waals surface area contributed by atoms with Gasteiger partial charge < -0.3 is 15.8 Å². The molecule has 29 heavy (non-hydrogen) atoms. The first kappa shape index (κ1) is 25.4. The smallest absolute Gasteiger partial charge is 0.241 e. The van der Waals surface area contributed by atoms with Crippen LogP contribution in [0, 0.1) is 5.41 Å². The number of hydrogen-bond acceptors (Lipinski definition) is 4. The van der Waals surface area contributed by atoms with Crippen molar-refractivity contribution in [2.45, 2.75) is 51.8 Å². The van der Waals surface area contributed by atoms with Crippen molar-refractivity contribution in [1.29, 1.82) is 0 Å². The second-order valence-corrected chi connectivity index (χ2v) is 7.89. The maximum absolute atomic E-state index is 12.9. The van der Waals surface area contributed by atoms with Crippen molar-refractivity contribution >= 4 is 30.7 Å². The highest BCUT2D eigenvalue weighted by Gasteiger charge is 2.62. The molecule has 3 N–H and O–H groups in total. The van der Waals surface area contributed by atoms with Crippen molar-refractivity contribution < 1.29 is 9.53 Å². The predicted molar refractivity (Wildman–Crippen MR) is 121 cm³/mol. The summed E-state index contributed by atoms with van der Waals surface area (Å²) in [4.78, 5) is 16.9. The Morgan fingerprint density at radius 3 is 2.24 bits per heavy atom. The Kier molecular flexibility index (Phi) is 8.66. The van der Waals surface area contributed by atoms with E-state index in [2.05, 4.69) is 22.4 Å². The van der Waals surface area contributed by atoms with Gasteiger partial charge in [0.2, 0.25) is 5.91 Å². The van der Waals surface area contributed by atoms with E-state index in [1.807, 2.05) is 52.0 Å². The summed E-state index contributed by atoms with van der Waals surface area (Å²) >= 11 is 0. The maximum Gasteiger partial charge on any atom is 0.241 e. The second kappa shape index (κ2) is 9.90. The minimum atomic E-state index is -0.905. The molecule has 7 heteroatoms. The van der Waals surface area contributed by atoms with E-state index in [1.54, 1.807) is 12.4 Å². The molecule has 160 valence electrons. The van der Waals surface area contributed by atoms with Gasteiger partial charge in [-0.25, -0.2) is 0 Å². The topological polar surface area (TPSA) is 77.2 Å². The van der Waals surface area contributed by atoms with E-state index in [0.29, 0.717) is 13.0 Å². The normalized spacial score (nSPS) is 23.0. The van der Waals surface area contributed by atoms with Crippen LogP contribution in [-0.2, 0) is 9.53 Å². The van der Waals surface area contributed by atoms with Crippen molar-refractivity contribution in [3.8, 4) is 11.1 Å². The third-order valence-electron chi connectivity index (χ3n) is 6.01. The maximum atomic E-state index is 12.9. The van der Waals surface area contributed by atoms with Crippen molar-refractivity contribution in [1.82, 2.24) is 10.3 Å². The fraction of sp³-hybridized carbons (Fsp3) is 0.455. The molecule has 1 aromatic carbocycles. The number of rotatable bonds is 6. The summed E-state index contributed by atoms with van der Waals surface area (Å²) < 4.78 is 5.72. The average Bonchev–Trinajstić information content (AvgIpc) is 2.68. The molecule has 1 aliphatic carbocycles. The van der Waals surface area contributed by atoms with Crippen LogP contribution in [0.2, 0.25) is 0 Å². The minimum absolute atomic E-state index is 0. The molecular formula is C22H31Cl2N3O2. The molecule has 1 fully saturated rings. The van der Waals surface area contributed by atoms with Gasteiger partial charge in [0.1, 0.15) is 5.54 Å². The van der Waals surface area contributed by atoms with Crippen LogP contribution in [0.15, 0.2) is 48.8 Å². The largest absolute Gasteiger partial charge is 0.378 e. The third kappa shape index (κ3) is 4.75. The number of ether oxygens (including phenoxy) is 1. The number of aromatic nitrogens is 1. The van der Waals surface area contributed by atoms with Crippen molar-refractivity contribution in [2.24, 2.45) is 11.1 Å². The zero-order valence-electron chi connectivity index (χ0n) is 17.3. The summed E-state index contributed by atoms with van der Waals surface area (Å²) in [7, 11) is 0. The first-order valence-corrected chi connectivity index (χ1v) is 9.51. The lowest BCUT2D eigenvalue weighted by Gasteiger charge is -2.57. The van der Waals surface area contributed by atoms with Gasteiger partial charge in [0, 0.05) is 30.8 Å². The molecule has 0 radical (unpaired) electrons. The Labute approximate surface area is 185 Å². The van der Waals surface area contributed by atoms with Crippen LogP contribution < -0.4 is 11.1 Å². The van der Waals surface area contributed by atoms with Crippen LogP contribution in [0.4, 0.5) is 0 Å². The predicted octanol–water partition coefficient (Wildman–Crippen LogP) is 4.30. The van der Waals surface area contributed by atoms with E-state index in [1.165, 1.54) is 0 Å². The zero-order chi connectivity index (χ0) is 19.7. The van der Waals surface area contributed by atoms with Crippen LogP contribution in [0.1, 0.15) is 45.7 Å². The molecule has 3 unspecified atom stereocenters. The Balaban J connectivity index is 0.00000210. The Hall–Kier alpha value is -1.66. The van der Waals surface area contributed by atoms with Crippen LogP contribution in [0.3, 0.4) is 0 Å². The van der Waals surface area contributed by atoms with Gasteiger partial charge in [-0.15, -0.1) is 24.8 Å². The number of hydrogen-bond donors (Lipinski definition) is 2.